The third-order valence-corrected chi connectivity index (χ3v) is 1.49. The van der Waals surface area contributed by atoms with E-state index in [1.165, 1.54) is 7.11 Å². The molecule has 1 aromatic rings. The highest BCUT2D eigenvalue weighted by atomic mass is 19.1. The molecule has 0 aliphatic rings. The Hall–Kier alpha value is -1.85. The minimum absolute atomic E-state index is 0.0519. The molecule has 0 spiro atoms. The second-order valence-corrected chi connectivity index (χ2v) is 2.30. The molecule has 6 heteroatoms. The molecule has 5 nitrogen and oxygen atoms in total. The van der Waals surface area contributed by atoms with Gasteiger partial charge in [-0.3, -0.25) is 10.1 Å². The predicted molar refractivity (Wildman–Crippen MR) is 44.0 cm³/mol. The van der Waals surface area contributed by atoms with Crippen LogP contribution >= 0.6 is 0 Å². The van der Waals surface area contributed by atoms with E-state index in [4.69, 9.17) is 5.73 Å². The topological polar surface area (TPSA) is 78.4 Å². The van der Waals surface area contributed by atoms with Crippen molar-refractivity contribution in [3.63, 3.8) is 0 Å². The Labute approximate surface area is 73.1 Å². The van der Waals surface area contributed by atoms with Crippen molar-refractivity contribution in [2.75, 3.05) is 12.8 Å². The van der Waals surface area contributed by atoms with Gasteiger partial charge in [-0.2, -0.15) is 0 Å². The van der Waals surface area contributed by atoms with E-state index in [0.717, 1.165) is 12.1 Å². The first-order valence-corrected chi connectivity index (χ1v) is 3.33. The number of nitrogens with zero attached hydrogens (tertiary/aromatic N) is 1. The van der Waals surface area contributed by atoms with Crippen LogP contribution in [0.25, 0.3) is 0 Å². The summed E-state index contributed by atoms with van der Waals surface area (Å²) in [5.74, 6) is -0.878. The number of nitrogen functional groups attached to an aromatic ring is 1. The number of nitrogens with two attached hydrogens (primary N) is 1. The third kappa shape index (κ3) is 1.66. The summed E-state index contributed by atoms with van der Waals surface area (Å²) >= 11 is 0. The minimum atomic E-state index is -0.826. The van der Waals surface area contributed by atoms with Gasteiger partial charge in [-0.1, -0.05) is 0 Å². The minimum Gasteiger partial charge on any atom is -0.490 e. The van der Waals surface area contributed by atoms with Crippen LogP contribution in [-0.2, 0) is 0 Å². The van der Waals surface area contributed by atoms with Gasteiger partial charge < -0.3 is 10.5 Å². The van der Waals surface area contributed by atoms with Crippen molar-refractivity contribution in [3.05, 3.63) is 28.1 Å². The highest BCUT2D eigenvalue weighted by molar-refractivity contribution is 5.56. The van der Waals surface area contributed by atoms with Crippen molar-refractivity contribution in [3.8, 4) is 5.75 Å². The zero-order valence-electron chi connectivity index (χ0n) is 6.78. The lowest BCUT2D eigenvalue weighted by atomic mass is 10.2. The number of hydrogen-bond acceptors (Lipinski definition) is 4. The molecule has 0 atom stereocenters. The fraction of sp³-hybridized carbons (Fsp3) is 0.143. The molecule has 0 saturated carbocycles. The maximum Gasteiger partial charge on any atom is 0.313 e. The Bertz CT molecular complexity index is 354. The van der Waals surface area contributed by atoms with E-state index in [9.17, 15) is 14.5 Å². The summed E-state index contributed by atoms with van der Waals surface area (Å²) in [6, 6.07) is 1.81. The summed E-state index contributed by atoms with van der Waals surface area (Å²) in [5.41, 5.74) is 4.57. The first kappa shape index (κ1) is 9.24. The van der Waals surface area contributed by atoms with Crippen molar-refractivity contribution >= 4 is 11.4 Å². The molecule has 0 radical (unpaired) electrons. The third-order valence-electron chi connectivity index (χ3n) is 1.49. The van der Waals surface area contributed by atoms with Crippen LogP contribution in [0.2, 0.25) is 0 Å². The molecule has 0 aliphatic carbocycles. The second-order valence-electron chi connectivity index (χ2n) is 2.30. The normalized spacial score (nSPS) is 9.69. The number of methoxy groups -OCH3 is 1. The lowest BCUT2D eigenvalue weighted by Gasteiger charge is -2.02. The number of anilines is 1. The zero-order valence-corrected chi connectivity index (χ0v) is 6.78. The Balaban J connectivity index is 3.33. The van der Waals surface area contributed by atoms with Crippen LogP contribution in [0.3, 0.4) is 0 Å². The summed E-state index contributed by atoms with van der Waals surface area (Å²) in [7, 11) is 1.25. The molecule has 0 saturated heterocycles. The number of hydrogen-bond donors (Lipinski definition) is 1. The highest BCUT2D eigenvalue weighted by Crippen LogP contribution is 2.30. The lowest BCUT2D eigenvalue weighted by molar-refractivity contribution is -0.385. The SMILES string of the molecule is COc1cc(N)c(F)cc1[N+](=O)[O-]. The Morgan fingerprint density at radius 3 is 2.69 bits per heavy atom. The maximum atomic E-state index is 12.8. The van der Waals surface area contributed by atoms with Crippen LogP contribution in [0.4, 0.5) is 15.8 Å². The van der Waals surface area contributed by atoms with Crippen molar-refractivity contribution in [1.29, 1.82) is 0 Å². The predicted octanol–water partition coefficient (Wildman–Crippen LogP) is 1.32. The smallest absolute Gasteiger partial charge is 0.313 e. The molecule has 0 aromatic heterocycles. The number of nitro benzene ring substituents is 1. The zero-order chi connectivity index (χ0) is 10.0. The van der Waals surface area contributed by atoms with E-state index in [2.05, 4.69) is 4.74 Å². The van der Waals surface area contributed by atoms with Gasteiger partial charge in [0.2, 0.25) is 0 Å². The van der Waals surface area contributed by atoms with Crippen molar-refractivity contribution in [2.45, 2.75) is 0 Å². The molecule has 1 rings (SSSR count). The van der Waals surface area contributed by atoms with Gasteiger partial charge >= 0.3 is 5.69 Å². The summed E-state index contributed by atoms with van der Waals surface area (Å²) < 4.78 is 17.4. The van der Waals surface area contributed by atoms with Crippen molar-refractivity contribution < 1.29 is 14.1 Å². The summed E-state index contributed by atoms with van der Waals surface area (Å²) in [6.45, 7) is 0. The van der Waals surface area contributed by atoms with Crippen LogP contribution in [0, 0.1) is 15.9 Å². The van der Waals surface area contributed by atoms with Crippen LogP contribution in [0.1, 0.15) is 0 Å². The van der Waals surface area contributed by atoms with E-state index in [1.807, 2.05) is 0 Å². The molecule has 2 N–H and O–H groups in total. The fourth-order valence-corrected chi connectivity index (χ4v) is 0.865. The van der Waals surface area contributed by atoms with E-state index >= 15 is 0 Å². The molecule has 13 heavy (non-hydrogen) atoms. The molecular formula is C7H7FN2O3. The first-order chi connectivity index (χ1) is 6.06. The fourth-order valence-electron chi connectivity index (χ4n) is 0.865. The maximum absolute atomic E-state index is 12.8. The average Bonchev–Trinajstić information content (AvgIpc) is 2.08. The molecule has 0 aliphatic heterocycles. The first-order valence-electron chi connectivity index (χ1n) is 3.33. The molecule has 0 fully saturated rings. The van der Waals surface area contributed by atoms with E-state index < -0.39 is 16.4 Å². The molecule has 0 bridgehead atoms. The lowest BCUT2D eigenvalue weighted by Crippen LogP contribution is -1.98. The standard InChI is InChI=1S/C7H7FN2O3/c1-13-7-3-5(9)4(8)2-6(7)10(11)12/h2-3H,9H2,1H3. The van der Waals surface area contributed by atoms with Gasteiger partial charge in [0.15, 0.2) is 11.6 Å². The largest absolute Gasteiger partial charge is 0.490 e. The van der Waals surface area contributed by atoms with Gasteiger partial charge in [-0.15, -0.1) is 0 Å². The summed E-state index contributed by atoms with van der Waals surface area (Å²) in [4.78, 5) is 9.63. The Morgan fingerprint density at radius 2 is 2.23 bits per heavy atom. The van der Waals surface area contributed by atoms with Crippen LogP contribution < -0.4 is 10.5 Å². The highest BCUT2D eigenvalue weighted by Gasteiger charge is 2.17. The van der Waals surface area contributed by atoms with Gasteiger partial charge in [0.25, 0.3) is 0 Å². The van der Waals surface area contributed by atoms with Gasteiger partial charge in [0, 0.05) is 6.07 Å². The monoisotopic (exact) mass is 186 g/mol. The number of ether oxygens (including phenoxy) is 1. The van der Waals surface area contributed by atoms with Crippen molar-refractivity contribution in [1.82, 2.24) is 0 Å². The van der Waals surface area contributed by atoms with Crippen molar-refractivity contribution in [2.24, 2.45) is 0 Å². The van der Waals surface area contributed by atoms with Gasteiger partial charge in [0.05, 0.1) is 23.8 Å². The van der Waals surface area contributed by atoms with E-state index in [-0.39, 0.29) is 11.4 Å². The number of benzene rings is 1. The van der Waals surface area contributed by atoms with Crippen LogP contribution in [0.5, 0.6) is 5.75 Å². The molecule has 1 aromatic carbocycles. The van der Waals surface area contributed by atoms with Crippen LogP contribution in [-0.4, -0.2) is 12.0 Å². The average molecular weight is 186 g/mol. The summed E-state index contributed by atoms with van der Waals surface area (Å²) in [5, 5.41) is 10.4. The Morgan fingerprint density at radius 1 is 1.62 bits per heavy atom. The van der Waals surface area contributed by atoms with E-state index in [0.29, 0.717) is 0 Å². The second kappa shape index (κ2) is 3.26. The molecular weight excluding hydrogens is 179 g/mol. The van der Waals surface area contributed by atoms with Gasteiger partial charge in [-0.25, -0.2) is 4.39 Å². The number of rotatable bonds is 2. The van der Waals surface area contributed by atoms with Gasteiger partial charge in [-0.05, 0) is 0 Å². The quantitative estimate of drug-likeness (QED) is 0.429. The molecule has 70 valence electrons. The number of nitro groups is 1. The summed E-state index contributed by atoms with van der Waals surface area (Å²) in [6.07, 6.45) is 0. The molecule has 0 heterocycles. The molecule has 0 amide bonds. The molecule has 0 unspecified atom stereocenters. The van der Waals surface area contributed by atoms with E-state index in [1.54, 1.807) is 0 Å². The van der Waals surface area contributed by atoms with Gasteiger partial charge in [0.1, 0.15) is 0 Å². The van der Waals surface area contributed by atoms with Crippen LogP contribution in [0.15, 0.2) is 12.1 Å². The Kier molecular flexibility index (Phi) is 2.32. The number of halogens is 1.